The van der Waals surface area contributed by atoms with Crippen LogP contribution in [0.2, 0.25) is 0 Å². The van der Waals surface area contributed by atoms with Crippen LogP contribution in [0, 0.1) is 18.8 Å². The van der Waals surface area contributed by atoms with E-state index in [1.165, 1.54) is 16.0 Å². The van der Waals surface area contributed by atoms with Gasteiger partial charge in [-0.15, -0.1) is 0 Å². The van der Waals surface area contributed by atoms with Gasteiger partial charge in [0, 0.05) is 17.6 Å². The van der Waals surface area contributed by atoms with Crippen LogP contribution in [0.4, 0.5) is 5.69 Å². The number of aryl methyl sites for hydroxylation is 1. The number of amides is 2. The standard InChI is InChI=1S/C23H24N2O2/c1-13-9-11-14(12-10-13)24-21(26)17-18(22(24)27)20-16-8-6-5-7-15(16)19(17)25(20)23(2,3)4/h5-12,17-20H,1-4H3/t17-,18+,19+,20-. The molecule has 0 aromatic heterocycles. The fourth-order valence-corrected chi connectivity index (χ4v) is 5.41. The highest BCUT2D eigenvalue weighted by atomic mass is 16.2. The van der Waals surface area contributed by atoms with E-state index in [1.54, 1.807) is 0 Å². The number of fused-ring (bicyclic) bond motifs is 8. The number of carbonyl (C=O) groups is 2. The maximum absolute atomic E-state index is 13.4. The summed E-state index contributed by atoms with van der Waals surface area (Å²) in [5.41, 5.74) is 4.12. The molecule has 3 aliphatic rings. The Kier molecular flexibility index (Phi) is 3.27. The third-order valence-electron chi connectivity index (χ3n) is 6.38. The molecule has 4 nitrogen and oxygen atoms in total. The third kappa shape index (κ3) is 2.08. The Hall–Kier alpha value is -2.46. The zero-order valence-corrected chi connectivity index (χ0v) is 16.1. The van der Waals surface area contributed by atoms with E-state index in [9.17, 15) is 9.59 Å². The molecule has 0 saturated carbocycles. The number of rotatable bonds is 1. The van der Waals surface area contributed by atoms with Gasteiger partial charge < -0.3 is 0 Å². The van der Waals surface area contributed by atoms with E-state index >= 15 is 0 Å². The molecule has 4 atom stereocenters. The van der Waals surface area contributed by atoms with E-state index < -0.39 is 0 Å². The minimum atomic E-state index is -0.294. The van der Waals surface area contributed by atoms with Gasteiger partial charge in [-0.2, -0.15) is 0 Å². The molecule has 4 heteroatoms. The molecule has 3 aliphatic heterocycles. The number of benzene rings is 2. The zero-order chi connectivity index (χ0) is 19.1. The fourth-order valence-electron chi connectivity index (χ4n) is 5.41. The van der Waals surface area contributed by atoms with Crippen LogP contribution in [0.1, 0.15) is 49.5 Å². The Labute approximate surface area is 159 Å². The van der Waals surface area contributed by atoms with Crippen LogP contribution in [0.5, 0.6) is 0 Å². The summed E-state index contributed by atoms with van der Waals surface area (Å²) >= 11 is 0. The number of nitrogens with zero attached hydrogens (tertiary/aromatic N) is 2. The molecule has 0 N–H and O–H groups in total. The van der Waals surface area contributed by atoms with Crippen LogP contribution in [0.15, 0.2) is 48.5 Å². The van der Waals surface area contributed by atoms with Gasteiger partial charge in [0.05, 0.1) is 17.5 Å². The van der Waals surface area contributed by atoms with Crippen molar-refractivity contribution in [1.29, 1.82) is 0 Å². The van der Waals surface area contributed by atoms with E-state index in [-0.39, 0.29) is 41.3 Å². The average Bonchev–Trinajstić information content (AvgIpc) is 3.23. The van der Waals surface area contributed by atoms with Gasteiger partial charge in [0.15, 0.2) is 0 Å². The lowest BCUT2D eigenvalue weighted by atomic mass is 9.77. The van der Waals surface area contributed by atoms with Crippen LogP contribution < -0.4 is 4.90 Å². The summed E-state index contributed by atoms with van der Waals surface area (Å²) < 4.78 is 0. The van der Waals surface area contributed by atoms with Crippen molar-refractivity contribution in [3.63, 3.8) is 0 Å². The van der Waals surface area contributed by atoms with Crippen LogP contribution >= 0.6 is 0 Å². The molecule has 0 aliphatic carbocycles. The second kappa shape index (κ2) is 5.29. The minimum absolute atomic E-state index is 0.0249. The maximum atomic E-state index is 13.4. The highest BCUT2D eigenvalue weighted by molar-refractivity contribution is 6.23. The van der Waals surface area contributed by atoms with Crippen molar-refractivity contribution in [2.45, 2.75) is 45.3 Å². The lowest BCUT2D eigenvalue weighted by molar-refractivity contribution is -0.124. The van der Waals surface area contributed by atoms with Crippen LogP contribution in [-0.4, -0.2) is 22.3 Å². The van der Waals surface area contributed by atoms with Gasteiger partial charge in [-0.1, -0.05) is 42.0 Å². The molecule has 27 heavy (non-hydrogen) atoms. The van der Waals surface area contributed by atoms with Crippen molar-refractivity contribution in [3.8, 4) is 0 Å². The fraction of sp³-hybridized carbons (Fsp3) is 0.391. The second-order valence-corrected chi connectivity index (χ2v) is 9.00. The number of imide groups is 1. The zero-order valence-electron chi connectivity index (χ0n) is 16.1. The van der Waals surface area contributed by atoms with Crippen LogP contribution in [-0.2, 0) is 9.59 Å². The van der Waals surface area contributed by atoms with Crippen molar-refractivity contribution in [2.75, 3.05) is 4.90 Å². The number of hydrogen-bond donors (Lipinski definition) is 0. The summed E-state index contributed by atoms with van der Waals surface area (Å²) in [6.07, 6.45) is 0. The summed E-state index contributed by atoms with van der Waals surface area (Å²) in [4.78, 5) is 30.7. The molecule has 2 aromatic carbocycles. The Balaban J connectivity index is 1.64. The predicted molar refractivity (Wildman–Crippen MR) is 104 cm³/mol. The first kappa shape index (κ1) is 16.7. The Morgan fingerprint density at radius 3 is 1.70 bits per heavy atom. The molecule has 5 rings (SSSR count). The van der Waals surface area contributed by atoms with Crippen molar-refractivity contribution < 1.29 is 9.59 Å². The van der Waals surface area contributed by atoms with Gasteiger partial charge in [-0.25, -0.2) is 4.90 Å². The summed E-state index contributed by atoms with van der Waals surface area (Å²) in [5, 5.41) is 0. The van der Waals surface area contributed by atoms with Crippen molar-refractivity contribution in [3.05, 3.63) is 65.2 Å². The molecule has 0 spiro atoms. The summed E-state index contributed by atoms with van der Waals surface area (Å²) in [5.74, 6) is -0.689. The smallest absolute Gasteiger partial charge is 0.239 e. The summed E-state index contributed by atoms with van der Waals surface area (Å²) in [6.45, 7) is 8.52. The molecule has 138 valence electrons. The van der Waals surface area contributed by atoms with Gasteiger partial charge in [-0.05, 0) is 51.0 Å². The molecule has 2 amide bonds. The summed E-state index contributed by atoms with van der Waals surface area (Å²) in [7, 11) is 0. The molecule has 0 unspecified atom stereocenters. The topological polar surface area (TPSA) is 40.6 Å². The first-order valence-corrected chi connectivity index (χ1v) is 9.62. The largest absolute Gasteiger partial charge is 0.283 e. The van der Waals surface area contributed by atoms with Gasteiger partial charge in [0.25, 0.3) is 0 Å². The molecule has 0 radical (unpaired) electrons. The maximum Gasteiger partial charge on any atom is 0.239 e. The predicted octanol–water partition coefficient (Wildman–Crippen LogP) is 4.01. The molecule has 2 saturated heterocycles. The van der Waals surface area contributed by atoms with Gasteiger partial charge in [0.1, 0.15) is 0 Å². The Morgan fingerprint density at radius 1 is 0.778 bits per heavy atom. The molecular weight excluding hydrogens is 336 g/mol. The quantitative estimate of drug-likeness (QED) is 0.722. The lowest BCUT2D eigenvalue weighted by Gasteiger charge is -2.38. The van der Waals surface area contributed by atoms with Crippen molar-refractivity contribution in [2.24, 2.45) is 11.8 Å². The van der Waals surface area contributed by atoms with E-state index in [2.05, 4.69) is 37.8 Å². The molecule has 2 bridgehead atoms. The first-order chi connectivity index (χ1) is 12.8. The highest BCUT2D eigenvalue weighted by Gasteiger charge is 2.68. The number of carbonyl (C=O) groups excluding carboxylic acids is 2. The lowest BCUT2D eigenvalue weighted by Crippen LogP contribution is -2.43. The number of hydrogen-bond acceptors (Lipinski definition) is 3. The van der Waals surface area contributed by atoms with Gasteiger partial charge >= 0.3 is 0 Å². The summed E-state index contributed by atoms with van der Waals surface area (Å²) in [6, 6.07) is 15.9. The van der Waals surface area contributed by atoms with E-state index in [0.717, 1.165) is 5.56 Å². The molecule has 3 heterocycles. The SMILES string of the molecule is Cc1ccc(N2C(=O)[C@@H]3[C@H](C2=O)[C@H]2c4ccccc4[C@@H]3N2C(C)(C)C)cc1. The van der Waals surface area contributed by atoms with Crippen LogP contribution in [0.25, 0.3) is 0 Å². The van der Waals surface area contributed by atoms with Crippen LogP contribution in [0.3, 0.4) is 0 Å². The molecular formula is C23H24N2O2. The van der Waals surface area contributed by atoms with Crippen molar-refractivity contribution >= 4 is 17.5 Å². The molecule has 2 fully saturated rings. The van der Waals surface area contributed by atoms with E-state index in [4.69, 9.17) is 0 Å². The molecule has 2 aromatic rings. The van der Waals surface area contributed by atoms with E-state index in [0.29, 0.717) is 5.69 Å². The highest BCUT2D eigenvalue weighted by Crippen LogP contribution is 2.64. The van der Waals surface area contributed by atoms with Gasteiger partial charge in [0.2, 0.25) is 11.8 Å². The number of anilines is 1. The van der Waals surface area contributed by atoms with Crippen molar-refractivity contribution in [1.82, 2.24) is 4.90 Å². The average molecular weight is 360 g/mol. The Morgan fingerprint density at radius 2 is 1.26 bits per heavy atom. The van der Waals surface area contributed by atoms with Gasteiger partial charge in [-0.3, -0.25) is 14.5 Å². The Bertz CT molecular complexity index is 908. The second-order valence-electron chi connectivity index (χ2n) is 9.00. The third-order valence-corrected chi connectivity index (χ3v) is 6.38. The normalized spacial score (nSPS) is 29.4. The first-order valence-electron chi connectivity index (χ1n) is 9.62. The minimum Gasteiger partial charge on any atom is -0.283 e. The monoisotopic (exact) mass is 360 g/mol. The van der Waals surface area contributed by atoms with E-state index in [1.807, 2.05) is 43.3 Å².